The van der Waals surface area contributed by atoms with E-state index in [9.17, 15) is 4.79 Å². The van der Waals surface area contributed by atoms with Crippen molar-refractivity contribution >= 4 is 5.91 Å². The van der Waals surface area contributed by atoms with Gasteiger partial charge >= 0.3 is 0 Å². The molecule has 1 fully saturated rings. The highest BCUT2D eigenvalue weighted by Gasteiger charge is 2.24. The minimum Gasteiger partial charge on any atom is -0.356 e. The molecule has 0 spiro atoms. The molecule has 0 saturated carbocycles. The molecule has 3 nitrogen and oxygen atoms in total. The van der Waals surface area contributed by atoms with Gasteiger partial charge in [0.1, 0.15) is 0 Å². The molecule has 2 atom stereocenters. The van der Waals surface area contributed by atoms with Crippen molar-refractivity contribution in [1.29, 1.82) is 0 Å². The molecule has 3 heteroatoms. The van der Waals surface area contributed by atoms with Crippen LogP contribution in [0.1, 0.15) is 53.4 Å². The largest absolute Gasteiger partial charge is 0.356 e. The van der Waals surface area contributed by atoms with Gasteiger partial charge in [0.2, 0.25) is 5.91 Å². The van der Waals surface area contributed by atoms with E-state index in [1.807, 2.05) is 0 Å². The Kier molecular flexibility index (Phi) is 5.44. The molecule has 0 aromatic carbocycles. The van der Waals surface area contributed by atoms with Crippen LogP contribution >= 0.6 is 0 Å². The van der Waals surface area contributed by atoms with Gasteiger partial charge in [-0.3, -0.25) is 4.79 Å². The van der Waals surface area contributed by atoms with E-state index in [1.165, 1.54) is 12.8 Å². The first-order valence-electron chi connectivity index (χ1n) is 6.94. The Labute approximate surface area is 106 Å². The molecule has 1 aliphatic rings. The van der Waals surface area contributed by atoms with Gasteiger partial charge in [-0.1, -0.05) is 27.7 Å². The Morgan fingerprint density at radius 1 is 1.47 bits per heavy atom. The van der Waals surface area contributed by atoms with E-state index in [1.54, 1.807) is 0 Å². The molecule has 1 amide bonds. The smallest absolute Gasteiger partial charge is 0.221 e. The third kappa shape index (κ3) is 5.07. The summed E-state index contributed by atoms with van der Waals surface area (Å²) in [5, 5.41) is 6.51. The Morgan fingerprint density at radius 3 is 2.76 bits per heavy atom. The van der Waals surface area contributed by atoms with Crippen LogP contribution in [0, 0.1) is 11.3 Å². The Morgan fingerprint density at radius 2 is 2.18 bits per heavy atom. The van der Waals surface area contributed by atoms with Gasteiger partial charge in [-0.2, -0.15) is 0 Å². The van der Waals surface area contributed by atoms with E-state index in [0.717, 1.165) is 19.5 Å². The number of carbonyl (C=O) groups excluding carboxylic acids is 1. The van der Waals surface area contributed by atoms with Crippen LogP contribution in [-0.4, -0.2) is 25.0 Å². The zero-order valence-corrected chi connectivity index (χ0v) is 11.8. The topological polar surface area (TPSA) is 41.1 Å². The highest BCUT2D eigenvalue weighted by Crippen LogP contribution is 2.19. The van der Waals surface area contributed by atoms with Crippen LogP contribution in [-0.2, 0) is 4.79 Å². The monoisotopic (exact) mass is 240 g/mol. The lowest BCUT2D eigenvalue weighted by atomic mass is 9.89. The van der Waals surface area contributed by atoms with Crippen molar-refractivity contribution in [2.24, 2.45) is 11.3 Å². The highest BCUT2D eigenvalue weighted by atomic mass is 16.1. The van der Waals surface area contributed by atoms with Crippen LogP contribution in [0.5, 0.6) is 0 Å². The number of rotatable bonds is 5. The van der Waals surface area contributed by atoms with Crippen LogP contribution in [0.4, 0.5) is 0 Å². The average molecular weight is 240 g/mol. The van der Waals surface area contributed by atoms with Crippen LogP contribution in [0.25, 0.3) is 0 Å². The van der Waals surface area contributed by atoms with Crippen LogP contribution in [0.15, 0.2) is 0 Å². The summed E-state index contributed by atoms with van der Waals surface area (Å²) >= 11 is 0. The van der Waals surface area contributed by atoms with E-state index < -0.39 is 0 Å². The minimum absolute atomic E-state index is 0.192. The van der Waals surface area contributed by atoms with E-state index in [4.69, 9.17) is 0 Å². The highest BCUT2D eigenvalue weighted by molar-refractivity contribution is 5.76. The molecule has 17 heavy (non-hydrogen) atoms. The van der Waals surface area contributed by atoms with Crippen LogP contribution in [0.2, 0.25) is 0 Å². The molecule has 1 rings (SSSR count). The summed E-state index contributed by atoms with van der Waals surface area (Å²) in [7, 11) is 0. The summed E-state index contributed by atoms with van der Waals surface area (Å²) in [4.78, 5) is 11.9. The molecule has 1 saturated heterocycles. The van der Waals surface area contributed by atoms with Gasteiger partial charge in [-0.25, -0.2) is 0 Å². The summed E-state index contributed by atoms with van der Waals surface area (Å²) in [5.74, 6) is 0.812. The third-order valence-electron chi connectivity index (χ3n) is 4.06. The molecule has 0 aromatic rings. The maximum absolute atomic E-state index is 11.9. The maximum atomic E-state index is 11.9. The first-order valence-corrected chi connectivity index (χ1v) is 6.94. The number of carbonyl (C=O) groups is 1. The summed E-state index contributed by atoms with van der Waals surface area (Å²) in [6.07, 6.45) is 4.19. The van der Waals surface area contributed by atoms with Gasteiger partial charge in [-0.15, -0.1) is 0 Å². The normalized spacial score (nSPS) is 25.6. The fourth-order valence-corrected chi connectivity index (χ4v) is 2.12. The zero-order chi connectivity index (χ0) is 12.9. The molecule has 0 radical (unpaired) electrons. The van der Waals surface area contributed by atoms with Crippen molar-refractivity contribution in [3.05, 3.63) is 0 Å². The Bertz CT molecular complexity index is 251. The fraction of sp³-hybridized carbons (Fsp3) is 0.929. The van der Waals surface area contributed by atoms with Crippen molar-refractivity contribution < 1.29 is 4.79 Å². The van der Waals surface area contributed by atoms with Gasteiger partial charge in [0, 0.05) is 19.0 Å². The van der Waals surface area contributed by atoms with E-state index in [0.29, 0.717) is 18.4 Å². The fourth-order valence-electron chi connectivity index (χ4n) is 2.12. The second-order valence-electron chi connectivity index (χ2n) is 6.18. The van der Waals surface area contributed by atoms with Gasteiger partial charge in [0.15, 0.2) is 0 Å². The minimum atomic E-state index is 0.192. The summed E-state index contributed by atoms with van der Waals surface area (Å²) in [6, 6.07) is 0.369. The van der Waals surface area contributed by atoms with Crippen LogP contribution < -0.4 is 10.6 Å². The van der Waals surface area contributed by atoms with Crippen molar-refractivity contribution in [3.63, 3.8) is 0 Å². The van der Waals surface area contributed by atoms with E-state index in [-0.39, 0.29) is 11.3 Å². The van der Waals surface area contributed by atoms with Gasteiger partial charge in [0.05, 0.1) is 0 Å². The molecule has 0 aliphatic carbocycles. The Balaban J connectivity index is 2.29. The summed E-state index contributed by atoms with van der Waals surface area (Å²) < 4.78 is 0. The van der Waals surface area contributed by atoms with Crippen molar-refractivity contribution in [2.75, 3.05) is 13.1 Å². The molecule has 2 unspecified atom stereocenters. The predicted octanol–water partition coefficient (Wildman–Crippen LogP) is 2.32. The second kappa shape index (κ2) is 6.39. The second-order valence-corrected chi connectivity index (χ2v) is 6.18. The van der Waals surface area contributed by atoms with Crippen molar-refractivity contribution in [3.8, 4) is 0 Å². The maximum Gasteiger partial charge on any atom is 0.221 e. The lowest BCUT2D eigenvalue weighted by Gasteiger charge is -2.30. The van der Waals surface area contributed by atoms with Gasteiger partial charge in [-0.05, 0) is 37.1 Å². The molecule has 1 heterocycles. The average Bonchev–Trinajstić information content (AvgIpc) is 2.30. The predicted molar refractivity (Wildman–Crippen MR) is 71.9 cm³/mol. The first kappa shape index (κ1) is 14.5. The number of hydrogen-bond donors (Lipinski definition) is 2. The molecular formula is C14H28N2O. The molecule has 0 bridgehead atoms. The lowest BCUT2D eigenvalue weighted by molar-refractivity contribution is -0.122. The summed E-state index contributed by atoms with van der Waals surface area (Å²) in [5.41, 5.74) is 0.210. The number of piperidine rings is 1. The van der Waals surface area contributed by atoms with Crippen molar-refractivity contribution in [1.82, 2.24) is 10.6 Å². The molecule has 100 valence electrons. The number of hydrogen-bond acceptors (Lipinski definition) is 2. The zero-order valence-electron chi connectivity index (χ0n) is 11.8. The van der Waals surface area contributed by atoms with E-state index >= 15 is 0 Å². The lowest BCUT2D eigenvalue weighted by Crippen LogP contribution is -2.44. The quantitative estimate of drug-likeness (QED) is 0.774. The SMILES string of the molecule is CCC(C)(C)CNC(=O)CC1NCCCC1C. The standard InChI is InChI=1S/C14H28N2O/c1-5-14(3,4)10-16-13(17)9-12-11(2)7-6-8-15-12/h11-12,15H,5-10H2,1-4H3,(H,16,17). The molecule has 1 aliphatic heterocycles. The van der Waals surface area contributed by atoms with Crippen molar-refractivity contribution in [2.45, 2.75) is 59.4 Å². The molecular weight excluding hydrogens is 212 g/mol. The van der Waals surface area contributed by atoms with Gasteiger partial charge in [0.25, 0.3) is 0 Å². The Hall–Kier alpha value is -0.570. The first-order chi connectivity index (χ1) is 7.94. The van der Waals surface area contributed by atoms with Crippen LogP contribution in [0.3, 0.4) is 0 Å². The number of nitrogens with one attached hydrogen (secondary N) is 2. The third-order valence-corrected chi connectivity index (χ3v) is 4.06. The number of amides is 1. The molecule has 0 aromatic heterocycles. The molecule has 2 N–H and O–H groups in total. The van der Waals surface area contributed by atoms with Gasteiger partial charge < -0.3 is 10.6 Å². The van der Waals surface area contributed by atoms with E-state index in [2.05, 4.69) is 38.3 Å². The summed E-state index contributed by atoms with van der Waals surface area (Å²) in [6.45, 7) is 10.6.